The molecule has 1 atom stereocenters. The molecule has 0 radical (unpaired) electrons. The second-order valence-corrected chi connectivity index (χ2v) is 6.00. The van der Waals surface area contributed by atoms with Gasteiger partial charge in [-0.25, -0.2) is 0 Å². The fraction of sp³-hybridized carbons (Fsp3) is 0.400. The van der Waals surface area contributed by atoms with E-state index in [9.17, 15) is 5.11 Å². The van der Waals surface area contributed by atoms with Gasteiger partial charge in [0.05, 0.1) is 0 Å². The Morgan fingerprint density at radius 1 is 1.04 bits per heavy atom. The molecule has 0 aliphatic carbocycles. The van der Waals surface area contributed by atoms with E-state index in [4.69, 9.17) is 4.74 Å². The second-order valence-electron chi connectivity index (χ2n) is 6.00. The topological polar surface area (TPSA) is 32.7 Å². The van der Waals surface area contributed by atoms with E-state index in [1.54, 1.807) is 0 Å². The number of nitrogens with zero attached hydrogens (tertiary/aromatic N) is 1. The van der Waals surface area contributed by atoms with Gasteiger partial charge in [-0.15, -0.1) is 0 Å². The Morgan fingerprint density at radius 2 is 1.74 bits per heavy atom. The highest BCUT2D eigenvalue weighted by molar-refractivity contribution is 5.26. The molecule has 2 rings (SSSR count). The van der Waals surface area contributed by atoms with Gasteiger partial charge in [-0.2, -0.15) is 0 Å². The molecule has 0 spiro atoms. The van der Waals surface area contributed by atoms with Gasteiger partial charge in [0.2, 0.25) is 0 Å². The van der Waals surface area contributed by atoms with Crippen LogP contribution in [0.4, 0.5) is 0 Å². The van der Waals surface area contributed by atoms with Crippen LogP contribution in [0.1, 0.15) is 24.5 Å². The fourth-order valence-electron chi connectivity index (χ4n) is 2.57. The Bertz CT molecular complexity index is 554. The van der Waals surface area contributed by atoms with Crippen LogP contribution in [-0.2, 0) is 6.54 Å². The zero-order valence-electron chi connectivity index (χ0n) is 14.1. The largest absolute Gasteiger partial charge is 0.491 e. The molecule has 0 saturated heterocycles. The molecule has 0 heterocycles. The smallest absolute Gasteiger partial charge is 0.119 e. The molecule has 3 nitrogen and oxygen atoms in total. The van der Waals surface area contributed by atoms with Crippen LogP contribution in [0.3, 0.4) is 0 Å². The molecular weight excluding hydrogens is 286 g/mol. The Labute approximate surface area is 139 Å². The van der Waals surface area contributed by atoms with E-state index >= 15 is 0 Å². The predicted molar refractivity (Wildman–Crippen MR) is 94.7 cm³/mol. The average molecular weight is 313 g/mol. The molecule has 2 aromatic carbocycles. The van der Waals surface area contributed by atoms with Gasteiger partial charge in [0.15, 0.2) is 0 Å². The van der Waals surface area contributed by atoms with Crippen LogP contribution in [0.5, 0.6) is 5.75 Å². The van der Waals surface area contributed by atoms with Crippen LogP contribution in [0.25, 0.3) is 0 Å². The van der Waals surface area contributed by atoms with E-state index in [2.05, 4.69) is 36.1 Å². The zero-order valence-corrected chi connectivity index (χ0v) is 14.1. The summed E-state index contributed by atoms with van der Waals surface area (Å²) in [5, 5.41) is 10.3. The number of benzene rings is 2. The summed E-state index contributed by atoms with van der Waals surface area (Å²) in [6.07, 6.45) is 0.574. The molecule has 23 heavy (non-hydrogen) atoms. The van der Waals surface area contributed by atoms with Crippen molar-refractivity contribution in [3.05, 3.63) is 65.7 Å². The van der Waals surface area contributed by atoms with Crippen molar-refractivity contribution in [2.75, 3.05) is 19.7 Å². The van der Waals surface area contributed by atoms with Gasteiger partial charge in [0.1, 0.15) is 18.5 Å². The zero-order chi connectivity index (χ0) is 16.5. The monoisotopic (exact) mass is 313 g/mol. The normalized spacial score (nSPS) is 12.3. The Balaban J connectivity index is 1.82. The molecular formula is C20H27NO2. The van der Waals surface area contributed by atoms with Crippen molar-refractivity contribution in [1.82, 2.24) is 4.90 Å². The van der Waals surface area contributed by atoms with Crippen molar-refractivity contribution in [2.24, 2.45) is 0 Å². The van der Waals surface area contributed by atoms with Crippen LogP contribution >= 0.6 is 0 Å². The van der Waals surface area contributed by atoms with Crippen LogP contribution in [0.2, 0.25) is 0 Å². The number of aliphatic hydroxyl groups is 1. The molecule has 1 unspecified atom stereocenters. The maximum absolute atomic E-state index is 10.3. The van der Waals surface area contributed by atoms with E-state index in [-0.39, 0.29) is 0 Å². The fourth-order valence-corrected chi connectivity index (χ4v) is 2.57. The van der Waals surface area contributed by atoms with Gasteiger partial charge >= 0.3 is 0 Å². The highest BCUT2D eigenvalue weighted by Crippen LogP contribution is 2.12. The number of rotatable bonds is 9. The molecule has 3 heteroatoms. The van der Waals surface area contributed by atoms with Gasteiger partial charge in [0.25, 0.3) is 0 Å². The summed E-state index contributed by atoms with van der Waals surface area (Å²) in [6, 6.07) is 18.3. The number of aryl methyl sites for hydroxylation is 1. The quantitative estimate of drug-likeness (QED) is 0.767. The third kappa shape index (κ3) is 6.43. The molecule has 0 aliphatic heterocycles. The van der Waals surface area contributed by atoms with Gasteiger partial charge in [0, 0.05) is 13.1 Å². The number of ether oxygens (including phenoxy) is 1. The molecule has 0 saturated carbocycles. The van der Waals surface area contributed by atoms with Crippen LogP contribution in [0, 0.1) is 6.92 Å². The molecule has 0 fully saturated rings. The third-order valence-electron chi connectivity index (χ3n) is 3.72. The lowest BCUT2D eigenvalue weighted by Gasteiger charge is -2.24. The minimum atomic E-state index is -0.494. The Morgan fingerprint density at radius 3 is 2.39 bits per heavy atom. The SMILES string of the molecule is CCCN(Cc1ccccc1)CC(O)COc1ccc(C)cc1. The Hall–Kier alpha value is -1.84. The minimum absolute atomic E-state index is 0.318. The summed E-state index contributed by atoms with van der Waals surface area (Å²) < 4.78 is 5.68. The van der Waals surface area contributed by atoms with Crippen molar-refractivity contribution in [3.63, 3.8) is 0 Å². The van der Waals surface area contributed by atoms with Crippen molar-refractivity contribution in [3.8, 4) is 5.75 Å². The second kappa shape index (κ2) is 9.33. The third-order valence-corrected chi connectivity index (χ3v) is 3.72. The average Bonchev–Trinajstić information content (AvgIpc) is 2.55. The van der Waals surface area contributed by atoms with Crippen LogP contribution in [0.15, 0.2) is 54.6 Å². The summed E-state index contributed by atoms with van der Waals surface area (Å²) in [7, 11) is 0. The van der Waals surface area contributed by atoms with Gasteiger partial charge < -0.3 is 9.84 Å². The summed E-state index contributed by atoms with van der Waals surface area (Å²) in [4.78, 5) is 2.28. The van der Waals surface area contributed by atoms with Crippen molar-refractivity contribution >= 4 is 0 Å². The number of hydrogen-bond donors (Lipinski definition) is 1. The first kappa shape index (κ1) is 17.5. The first-order valence-corrected chi connectivity index (χ1v) is 8.31. The molecule has 2 aromatic rings. The lowest BCUT2D eigenvalue weighted by Crippen LogP contribution is -2.35. The first-order chi connectivity index (χ1) is 11.2. The van der Waals surface area contributed by atoms with Crippen molar-refractivity contribution < 1.29 is 9.84 Å². The molecule has 0 amide bonds. The predicted octanol–water partition coefficient (Wildman–Crippen LogP) is 3.65. The molecule has 1 N–H and O–H groups in total. The maximum Gasteiger partial charge on any atom is 0.119 e. The van der Waals surface area contributed by atoms with Gasteiger partial charge in [-0.1, -0.05) is 55.0 Å². The van der Waals surface area contributed by atoms with E-state index in [0.717, 1.165) is 25.3 Å². The van der Waals surface area contributed by atoms with Crippen LogP contribution < -0.4 is 4.74 Å². The number of aliphatic hydroxyl groups excluding tert-OH is 1. The summed E-state index contributed by atoms with van der Waals surface area (Å²) >= 11 is 0. The molecule has 0 bridgehead atoms. The van der Waals surface area contributed by atoms with Crippen molar-refractivity contribution in [2.45, 2.75) is 32.9 Å². The highest BCUT2D eigenvalue weighted by Gasteiger charge is 2.12. The standard InChI is InChI=1S/C20H27NO2/c1-3-13-21(14-18-7-5-4-6-8-18)15-19(22)16-23-20-11-9-17(2)10-12-20/h4-12,19,22H,3,13-16H2,1-2H3. The van der Waals surface area contributed by atoms with E-state index in [1.807, 2.05) is 37.3 Å². The Kier molecular flexibility index (Phi) is 7.11. The maximum atomic E-state index is 10.3. The molecule has 0 aromatic heterocycles. The summed E-state index contributed by atoms with van der Waals surface area (Å²) in [5.41, 5.74) is 2.47. The van der Waals surface area contributed by atoms with E-state index < -0.39 is 6.10 Å². The summed E-state index contributed by atoms with van der Waals surface area (Å²) in [5.74, 6) is 0.805. The summed E-state index contributed by atoms with van der Waals surface area (Å²) in [6.45, 7) is 6.97. The highest BCUT2D eigenvalue weighted by atomic mass is 16.5. The lowest BCUT2D eigenvalue weighted by molar-refractivity contribution is 0.0656. The lowest BCUT2D eigenvalue weighted by atomic mass is 10.2. The number of hydrogen-bond acceptors (Lipinski definition) is 3. The van der Waals surface area contributed by atoms with Gasteiger partial charge in [-0.3, -0.25) is 4.90 Å². The van der Waals surface area contributed by atoms with Crippen molar-refractivity contribution in [1.29, 1.82) is 0 Å². The molecule has 124 valence electrons. The van der Waals surface area contributed by atoms with Gasteiger partial charge in [-0.05, 0) is 37.6 Å². The van der Waals surface area contributed by atoms with E-state index in [1.165, 1.54) is 11.1 Å². The minimum Gasteiger partial charge on any atom is -0.491 e. The van der Waals surface area contributed by atoms with Crippen LogP contribution in [-0.4, -0.2) is 35.8 Å². The van der Waals surface area contributed by atoms with E-state index in [0.29, 0.717) is 13.2 Å². The first-order valence-electron chi connectivity index (χ1n) is 8.31. The molecule has 0 aliphatic rings.